The normalized spacial score (nSPS) is 12.9. The maximum atomic E-state index is 12.4. The van der Waals surface area contributed by atoms with Crippen LogP contribution in [0.15, 0.2) is 24.3 Å². The van der Waals surface area contributed by atoms with E-state index in [9.17, 15) is 4.39 Å². The van der Waals surface area contributed by atoms with Gasteiger partial charge in [0.2, 0.25) is 0 Å². The zero-order valence-electron chi connectivity index (χ0n) is 6.50. The number of hydrogen-bond donors (Lipinski definition) is 1. The van der Waals surface area contributed by atoms with Crippen molar-refractivity contribution in [1.82, 2.24) is 0 Å². The summed E-state index contributed by atoms with van der Waals surface area (Å²) in [7, 11) is 0. The summed E-state index contributed by atoms with van der Waals surface area (Å²) in [6.45, 7) is 0.0472. The number of halogens is 2. The molecule has 0 aliphatic carbocycles. The third-order valence-corrected chi connectivity index (χ3v) is 2.08. The number of benzene rings is 1. The molecule has 0 aliphatic heterocycles. The maximum absolute atomic E-state index is 12.4. The summed E-state index contributed by atoms with van der Waals surface area (Å²) < 4.78 is 12.4. The number of aliphatic hydroxyl groups excluding tert-OH is 1. The van der Waals surface area contributed by atoms with Crippen molar-refractivity contribution < 1.29 is 9.50 Å². The first kappa shape index (κ1) is 9.49. The molecule has 0 heterocycles. The number of rotatable bonds is 3. The van der Waals surface area contributed by atoms with Gasteiger partial charge in [0.05, 0.1) is 5.38 Å². The van der Waals surface area contributed by atoms with Gasteiger partial charge in [0.1, 0.15) is 5.82 Å². The van der Waals surface area contributed by atoms with Crippen molar-refractivity contribution in [2.75, 3.05) is 6.61 Å². The molecular formula is C9H10ClFO. The van der Waals surface area contributed by atoms with Crippen molar-refractivity contribution in [2.24, 2.45) is 0 Å². The van der Waals surface area contributed by atoms with E-state index in [1.54, 1.807) is 12.1 Å². The molecule has 0 saturated carbocycles. The molecule has 1 aromatic rings. The third-order valence-electron chi connectivity index (χ3n) is 1.61. The largest absolute Gasteiger partial charge is 0.396 e. The van der Waals surface area contributed by atoms with Gasteiger partial charge in [0.25, 0.3) is 0 Å². The van der Waals surface area contributed by atoms with Crippen LogP contribution in [0.25, 0.3) is 0 Å². The summed E-state index contributed by atoms with van der Waals surface area (Å²) in [4.78, 5) is 0. The van der Waals surface area contributed by atoms with Crippen molar-refractivity contribution in [1.29, 1.82) is 0 Å². The van der Waals surface area contributed by atoms with E-state index in [1.807, 2.05) is 0 Å². The molecule has 0 saturated heterocycles. The first-order chi connectivity index (χ1) is 5.74. The lowest BCUT2D eigenvalue weighted by atomic mass is 10.1. The standard InChI is InChI=1S/C9H10ClFO/c10-9(5-6-12)7-1-3-8(11)4-2-7/h1-4,9,12H,5-6H2/t9-/m1/s1. The van der Waals surface area contributed by atoms with Gasteiger partial charge in [-0.05, 0) is 24.1 Å². The van der Waals surface area contributed by atoms with Crippen LogP contribution in [0.3, 0.4) is 0 Å². The molecule has 66 valence electrons. The van der Waals surface area contributed by atoms with Crippen LogP contribution in [0, 0.1) is 5.82 Å². The molecule has 1 atom stereocenters. The van der Waals surface area contributed by atoms with Gasteiger partial charge in [-0.1, -0.05) is 12.1 Å². The fourth-order valence-corrected chi connectivity index (χ4v) is 1.19. The van der Waals surface area contributed by atoms with E-state index in [2.05, 4.69) is 0 Å². The van der Waals surface area contributed by atoms with Crippen LogP contribution in [0.5, 0.6) is 0 Å². The first-order valence-electron chi connectivity index (χ1n) is 3.74. The van der Waals surface area contributed by atoms with E-state index in [4.69, 9.17) is 16.7 Å². The van der Waals surface area contributed by atoms with Crippen LogP contribution < -0.4 is 0 Å². The molecule has 1 rings (SSSR count). The minimum absolute atomic E-state index is 0.0472. The Hall–Kier alpha value is -0.600. The molecule has 0 aromatic heterocycles. The predicted octanol–water partition coefficient (Wildman–Crippen LogP) is 2.49. The summed E-state index contributed by atoms with van der Waals surface area (Å²) in [5.74, 6) is -0.272. The Morgan fingerprint density at radius 3 is 2.42 bits per heavy atom. The summed E-state index contributed by atoms with van der Waals surface area (Å²) in [5, 5.41) is 8.37. The minimum Gasteiger partial charge on any atom is -0.396 e. The average Bonchev–Trinajstić information content (AvgIpc) is 2.06. The highest BCUT2D eigenvalue weighted by Gasteiger charge is 2.05. The van der Waals surface area contributed by atoms with Crippen LogP contribution in [-0.4, -0.2) is 11.7 Å². The van der Waals surface area contributed by atoms with Gasteiger partial charge in [-0.25, -0.2) is 4.39 Å². The lowest BCUT2D eigenvalue weighted by molar-refractivity contribution is 0.286. The second kappa shape index (κ2) is 4.43. The molecule has 0 radical (unpaired) electrons. The second-order valence-electron chi connectivity index (χ2n) is 2.53. The van der Waals surface area contributed by atoms with Crippen LogP contribution >= 0.6 is 11.6 Å². The molecule has 1 aromatic carbocycles. The topological polar surface area (TPSA) is 20.2 Å². The summed E-state index contributed by atoms with van der Waals surface area (Å²) >= 11 is 5.88. The monoisotopic (exact) mass is 188 g/mol. The molecule has 12 heavy (non-hydrogen) atoms. The smallest absolute Gasteiger partial charge is 0.123 e. The maximum Gasteiger partial charge on any atom is 0.123 e. The summed E-state index contributed by atoms with van der Waals surface area (Å²) in [6.07, 6.45) is 0.493. The Balaban J connectivity index is 2.68. The van der Waals surface area contributed by atoms with E-state index in [-0.39, 0.29) is 17.8 Å². The van der Waals surface area contributed by atoms with E-state index in [0.717, 1.165) is 5.56 Å². The number of alkyl halides is 1. The SMILES string of the molecule is OCC[C@@H](Cl)c1ccc(F)cc1. The van der Waals surface area contributed by atoms with Crippen molar-refractivity contribution >= 4 is 11.6 Å². The number of hydrogen-bond acceptors (Lipinski definition) is 1. The zero-order chi connectivity index (χ0) is 8.97. The van der Waals surface area contributed by atoms with Crippen LogP contribution in [-0.2, 0) is 0 Å². The lowest BCUT2D eigenvalue weighted by Crippen LogP contribution is -1.93. The van der Waals surface area contributed by atoms with Crippen molar-refractivity contribution in [3.8, 4) is 0 Å². The van der Waals surface area contributed by atoms with Gasteiger partial charge in [0, 0.05) is 6.61 Å². The van der Waals surface area contributed by atoms with Crippen LogP contribution in [0.4, 0.5) is 4.39 Å². The van der Waals surface area contributed by atoms with Gasteiger partial charge in [-0.15, -0.1) is 11.6 Å². The molecule has 0 aliphatic rings. The quantitative estimate of drug-likeness (QED) is 0.723. The van der Waals surface area contributed by atoms with Gasteiger partial charge in [-0.2, -0.15) is 0 Å². The Bertz CT molecular complexity index is 235. The molecule has 0 bridgehead atoms. The average molecular weight is 189 g/mol. The molecule has 1 nitrogen and oxygen atoms in total. The Labute approximate surface area is 75.8 Å². The zero-order valence-corrected chi connectivity index (χ0v) is 7.26. The van der Waals surface area contributed by atoms with E-state index in [1.165, 1.54) is 12.1 Å². The van der Waals surface area contributed by atoms with E-state index < -0.39 is 0 Å². The van der Waals surface area contributed by atoms with E-state index >= 15 is 0 Å². The molecule has 3 heteroatoms. The summed E-state index contributed by atoms with van der Waals surface area (Å²) in [5.41, 5.74) is 0.840. The van der Waals surface area contributed by atoms with Gasteiger partial charge in [-0.3, -0.25) is 0 Å². The Kier molecular flexibility index (Phi) is 3.50. The first-order valence-corrected chi connectivity index (χ1v) is 4.18. The fraction of sp³-hybridized carbons (Fsp3) is 0.333. The van der Waals surface area contributed by atoms with Gasteiger partial charge < -0.3 is 5.11 Å². The molecule has 0 fully saturated rings. The highest BCUT2D eigenvalue weighted by molar-refractivity contribution is 6.20. The second-order valence-corrected chi connectivity index (χ2v) is 3.06. The minimum atomic E-state index is -0.272. The predicted molar refractivity (Wildman–Crippen MR) is 46.7 cm³/mol. The molecule has 0 unspecified atom stereocenters. The lowest BCUT2D eigenvalue weighted by Gasteiger charge is -2.06. The Morgan fingerprint density at radius 1 is 1.33 bits per heavy atom. The number of aliphatic hydroxyl groups is 1. The highest BCUT2D eigenvalue weighted by Crippen LogP contribution is 2.23. The van der Waals surface area contributed by atoms with Crippen molar-refractivity contribution in [3.63, 3.8) is 0 Å². The van der Waals surface area contributed by atoms with Crippen molar-refractivity contribution in [3.05, 3.63) is 35.6 Å². The van der Waals surface area contributed by atoms with Crippen molar-refractivity contribution in [2.45, 2.75) is 11.8 Å². The highest BCUT2D eigenvalue weighted by atomic mass is 35.5. The molecule has 0 amide bonds. The fourth-order valence-electron chi connectivity index (χ4n) is 0.952. The molecular weight excluding hydrogens is 179 g/mol. The van der Waals surface area contributed by atoms with Crippen LogP contribution in [0.1, 0.15) is 17.4 Å². The summed E-state index contributed by atoms with van der Waals surface area (Å²) in [6, 6.07) is 5.98. The van der Waals surface area contributed by atoms with Gasteiger partial charge in [0.15, 0.2) is 0 Å². The molecule has 0 spiro atoms. The van der Waals surface area contributed by atoms with Gasteiger partial charge >= 0.3 is 0 Å². The Morgan fingerprint density at radius 2 is 1.92 bits per heavy atom. The third kappa shape index (κ3) is 2.47. The van der Waals surface area contributed by atoms with E-state index in [0.29, 0.717) is 6.42 Å². The van der Waals surface area contributed by atoms with Crippen LogP contribution in [0.2, 0.25) is 0 Å². The molecule has 1 N–H and O–H groups in total.